The van der Waals surface area contributed by atoms with Gasteiger partial charge in [0.1, 0.15) is 12.4 Å². The van der Waals surface area contributed by atoms with E-state index in [0.717, 1.165) is 43.6 Å². The molecule has 0 N–H and O–H groups in total. The number of ether oxygens (including phenoxy) is 1. The van der Waals surface area contributed by atoms with Gasteiger partial charge in [-0.25, -0.2) is 14.5 Å². The highest BCUT2D eigenvalue weighted by atomic mass is 16.5. The van der Waals surface area contributed by atoms with E-state index >= 15 is 0 Å². The maximum atomic E-state index is 13.3. The van der Waals surface area contributed by atoms with Crippen LogP contribution in [0.1, 0.15) is 30.3 Å². The van der Waals surface area contributed by atoms with E-state index in [4.69, 9.17) is 4.74 Å². The Bertz CT molecular complexity index is 829. The van der Waals surface area contributed by atoms with Crippen molar-refractivity contribution in [2.45, 2.75) is 31.5 Å². The quantitative estimate of drug-likeness (QED) is 0.785. The molecule has 3 fully saturated rings. The Kier molecular flexibility index (Phi) is 5.20. The molecule has 5 rings (SSSR count). The summed E-state index contributed by atoms with van der Waals surface area (Å²) in [5.41, 5.74) is 1.16. The number of hydrogen-bond acceptors (Lipinski definition) is 5. The molecule has 8 nitrogen and oxygen atoms in total. The average Bonchev–Trinajstić information content (AvgIpc) is 3.53. The number of piperazine rings is 1. The second-order valence-corrected chi connectivity index (χ2v) is 8.08. The van der Waals surface area contributed by atoms with Crippen LogP contribution in [0.4, 0.5) is 4.79 Å². The minimum atomic E-state index is -0.205. The molecule has 1 aliphatic carbocycles. The van der Waals surface area contributed by atoms with Crippen LogP contribution in [0, 0.1) is 0 Å². The van der Waals surface area contributed by atoms with Crippen molar-refractivity contribution < 1.29 is 9.53 Å². The minimum Gasteiger partial charge on any atom is -0.377 e. The number of rotatable bonds is 4. The van der Waals surface area contributed by atoms with Crippen molar-refractivity contribution in [3.8, 4) is 0 Å². The molecule has 0 spiro atoms. The molecule has 2 saturated heterocycles. The second-order valence-electron chi connectivity index (χ2n) is 8.08. The molecule has 3 aliphatic rings. The van der Waals surface area contributed by atoms with Gasteiger partial charge in [-0.05, 0) is 18.4 Å². The van der Waals surface area contributed by atoms with Crippen molar-refractivity contribution in [2.24, 2.45) is 0 Å². The Morgan fingerprint density at radius 3 is 2.62 bits per heavy atom. The molecule has 1 unspecified atom stereocenters. The van der Waals surface area contributed by atoms with Gasteiger partial charge >= 0.3 is 6.03 Å². The predicted molar refractivity (Wildman–Crippen MR) is 107 cm³/mol. The number of aromatic nitrogens is 3. The number of urea groups is 1. The number of carbonyl (C=O) groups is 1. The van der Waals surface area contributed by atoms with Crippen molar-refractivity contribution in [3.63, 3.8) is 0 Å². The average molecular weight is 396 g/mol. The first-order valence-corrected chi connectivity index (χ1v) is 10.6. The Balaban J connectivity index is 1.30. The lowest BCUT2D eigenvalue weighted by molar-refractivity contribution is -0.00459. The summed E-state index contributed by atoms with van der Waals surface area (Å²) in [6.07, 6.45) is 4.21. The Morgan fingerprint density at radius 2 is 1.86 bits per heavy atom. The third kappa shape index (κ3) is 4.00. The van der Waals surface area contributed by atoms with E-state index in [1.54, 1.807) is 6.33 Å². The van der Waals surface area contributed by atoms with Crippen molar-refractivity contribution in [1.29, 1.82) is 0 Å². The van der Waals surface area contributed by atoms with Gasteiger partial charge in [0.2, 0.25) is 0 Å². The van der Waals surface area contributed by atoms with Gasteiger partial charge < -0.3 is 14.5 Å². The van der Waals surface area contributed by atoms with Gasteiger partial charge in [0.25, 0.3) is 0 Å². The standard InChI is InChI=1S/C21H28N6O2/c28-21(25-10-8-24(9-11-25)18-6-7-18)26-12-13-29-15-19(26)20-22-16-23-27(20)14-17-4-2-1-3-5-17/h1-5,16,18-19H,6-15H2. The zero-order valence-corrected chi connectivity index (χ0v) is 16.7. The van der Waals surface area contributed by atoms with Gasteiger partial charge in [-0.1, -0.05) is 30.3 Å². The molecular formula is C21H28N6O2. The van der Waals surface area contributed by atoms with Crippen molar-refractivity contribution >= 4 is 6.03 Å². The normalized spacial score (nSPS) is 23.4. The van der Waals surface area contributed by atoms with Gasteiger partial charge in [-0.15, -0.1) is 0 Å². The summed E-state index contributed by atoms with van der Waals surface area (Å²) < 4.78 is 7.62. The molecule has 2 aliphatic heterocycles. The van der Waals surface area contributed by atoms with Crippen LogP contribution in [0.15, 0.2) is 36.7 Å². The number of morpholine rings is 1. The maximum Gasteiger partial charge on any atom is 0.320 e. The predicted octanol–water partition coefficient (Wildman–Crippen LogP) is 1.60. The molecule has 1 atom stereocenters. The molecule has 154 valence electrons. The Labute approximate surface area is 171 Å². The highest BCUT2D eigenvalue weighted by Gasteiger charge is 2.37. The summed E-state index contributed by atoms with van der Waals surface area (Å²) >= 11 is 0. The monoisotopic (exact) mass is 396 g/mol. The molecule has 8 heteroatoms. The number of hydrogen-bond donors (Lipinski definition) is 0. The summed E-state index contributed by atoms with van der Waals surface area (Å²) in [5.74, 6) is 0.790. The summed E-state index contributed by atoms with van der Waals surface area (Å²) in [7, 11) is 0. The van der Waals surface area contributed by atoms with Crippen LogP contribution in [0.2, 0.25) is 0 Å². The van der Waals surface area contributed by atoms with Crippen molar-refractivity contribution in [2.75, 3.05) is 45.9 Å². The Morgan fingerprint density at radius 1 is 1.07 bits per heavy atom. The summed E-state index contributed by atoms with van der Waals surface area (Å²) in [5, 5.41) is 4.42. The van der Waals surface area contributed by atoms with Gasteiger partial charge in [0.05, 0.1) is 19.8 Å². The molecule has 2 amide bonds. The van der Waals surface area contributed by atoms with E-state index < -0.39 is 0 Å². The lowest BCUT2D eigenvalue weighted by Gasteiger charge is -2.41. The summed E-state index contributed by atoms with van der Waals surface area (Å²) in [6.45, 7) is 5.81. The zero-order chi connectivity index (χ0) is 19.6. The van der Waals surface area contributed by atoms with E-state index in [0.29, 0.717) is 26.3 Å². The first-order valence-electron chi connectivity index (χ1n) is 10.6. The fraction of sp³-hybridized carbons (Fsp3) is 0.571. The van der Waals surface area contributed by atoms with E-state index in [2.05, 4.69) is 27.1 Å². The lowest BCUT2D eigenvalue weighted by Crippen LogP contribution is -2.56. The number of carbonyl (C=O) groups excluding carboxylic acids is 1. The van der Waals surface area contributed by atoms with Crippen molar-refractivity contribution in [1.82, 2.24) is 29.5 Å². The SMILES string of the molecule is O=C(N1CCN(C2CC2)CC1)N1CCOCC1c1ncnn1Cc1ccccc1. The second kappa shape index (κ2) is 8.12. The van der Waals surface area contributed by atoms with Crippen LogP contribution < -0.4 is 0 Å². The molecule has 0 radical (unpaired) electrons. The first kappa shape index (κ1) is 18.6. The molecule has 1 saturated carbocycles. The largest absolute Gasteiger partial charge is 0.377 e. The molecule has 3 heterocycles. The topological polar surface area (TPSA) is 66.7 Å². The van der Waals surface area contributed by atoms with Crippen LogP contribution >= 0.6 is 0 Å². The summed E-state index contributed by atoms with van der Waals surface area (Å²) in [4.78, 5) is 24.3. The van der Waals surface area contributed by atoms with E-state index in [1.807, 2.05) is 32.7 Å². The fourth-order valence-electron chi connectivity index (χ4n) is 4.36. The highest BCUT2D eigenvalue weighted by Crippen LogP contribution is 2.29. The Hall–Kier alpha value is -2.45. The van der Waals surface area contributed by atoms with Crippen LogP contribution in [-0.2, 0) is 11.3 Å². The zero-order valence-electron chi connectivity index (χ0n) is 16.7. The van der Waals surface area contributed by atoms with Crippen LogP contribution in [-0.4, -0.2) is 87.5 Å². The smallest absolute Gasteiger partial charge is 0.320 e. The lowest BCUT2D eigenvalue weighted by atomic mass is 10.2. The number of nitrogens with zero attached hydrogens (tertiary/aromatic N) is 6. The van der Waals surface area contributed by atoms with Gasteiger partial charge in [0.15, 0.2) is 5.82 Å². The van der Waals surface area contributed by atoms with Gasteiger partial charge in [0, 0.05) is 38.8 Å². The van der Waals surface area contributed by atoms with Gasteiger partial charge in [-0.3, -0.25) is 4.90 Å². The molecule has 2 aromatic rings. The minimum absolute atomic E-state index is 0.100. The van der Waals surface area contributed by atoms with E-state index in [-0.39, 0.29) is 12.1 Å². The fourth-order valence-corrected chi connectivity index (χ4v) is 4.36. The number of amides is 2. The third-order valence-corrected chi connectivity index (χ3v) is 6.14. The van der Waals surface area contributed by atoms with Crippen LogP contribution in [0.25, 0.3) is 0 Å². The van der Waals surface area contributed by atoms with Crippen molar-refractivity contribution in [3.05, 3.63) is 48.0 Å². The molecule has 1 aromatic heterocycles. The molecule has 1 aromatic carbocycles. The molecule has 0 bridgehead atoms. The third-order valence-electron chi connectivity index (χ3n) is 6.14. The van der Waals surface area contributed by atoms with Gasteiger partial charge in [-0.2, -0.15) is 5.10 Å². The van der Waals surface area contributed by atoms with Crippen LogP contribution in [0.5, 0.6) is 0 Å². The molecule has 29 heavy (non-hydrogen) atoms. The number of benzene rings is 1. The summed E-state index contributed by atoms with van der Waals surface area (Å²) in [6, 6.07) is 10.9. The maximum absolute atomic E-state index is 13.3. The van der Waals surface area contributed by atoms with E-state index in [9.17, 15) is 4.79 Å². The first-order chi connectivity index (χ1) is 14.3. The van der Waals surface area contributed by atoms with E-state index in [1.165, 1.54) is 12.8 Å². The van der Waals surface area contributed by atoms with Crippen LogP contribution in [0.3, 0.4) is 0 Å². The highest BCUT2D eigenvalue weighted by molar-refractivity contribution is 5.75. The molecular weight excluding hydrogens is 368 g/mol.